The van der Waals surface area contributed by atoms with Crippen molar-refractivity contribution in [1.29, 1.82) is 0 Å². The average Bonchev–Trinajstić information content (AvgIpc) is 2.73. The monoisotopic (exact) mass is 429 g/mol. The Hall–Kier alpha value is -4.06. The fraction of sp³-hybridized carbons (Fsp3) is 0.0556. The Balaban J connectivity index is 1.74. The van der Waals surface area contributed by atoms with Gasteiger partial charge in [0.25, 0.3) is 10.0 Å². The predicted molar refractivity (Wildman–Crippen MR) is 105 cm³/mol. The number of hydrogen-bond donors (Lipinski definition) is 3. The van der Waals surface area contributed by atoms with Crippen LogP contribution in [0.5, 0.6) is 11.6 Å². The third-order valence-corrected chi connectivity index (χ3v) is 5.10. The molecule has 3 rings (SSSR count). The highest BCUT2D eigenvalue weighted by Crippen LogP contribution is 2.26. The minimum Gasteiger partial charge on any atom is -0.507 e. The number of carbonyl (C=O) groups is 1. The third-order valence-electron chi connectivity index (χ3n) is 3.73. The molecule has 3 N–H and O–H groups in total. The predicted octanol–water partition coefficient (Wildman–Crippen LogP) is 3.11. The Morgan fingerprint density at radius 1 is 1.00 bits per heavy atom. The summed E-state index contributed by atoms with van der Waals surface area (Å²) in [6.45, 7) is 0. The van der Waals surface area contributed by atoms with E-state index in [9.17, 15) is 18.3 Å². The van der Waals surface area contributed by atoms with Crippen LogP contribution in [-0.2, 0) is 10.0 Å². The molecule has 0 saturated carbocycles. The lowest BCUT2D eigenvalue weighted by Crippen LogP contribution is -2.14. The minimum absolute atomic E-state index is 0.0288. The zero-order chi connectivity index (χ0) is 21.7. The van der Waals surface area contributed by atoms with Crippen molar-refractivity contribution in [2.45, 2.75) is 4.90 Å². The molecule has 0 unspecified atom stereocenters. The molecule has 11 nitrogen and oxygen atoms in total. The lowest BCUT2D eigenvalue weighted by molar-refractivity contribution is 0.0693. The highest BCUT2D eigenvalue weighted by atomic mass is 32.2. The van der Waals surface area contributed by atoms with Crippen LogP contribution in [0.4, 0.5) is 17.2 Å². The number of sulfonamides is 1. The van der Waals surface area contributed by atoms with E-state index in [-0.39, 0.29) is 33.6 Å². The molecule has 0 radical (unpaired) electrons. The molecule has 0 aliphatic rings. The number of phenols is 1. The third kappa shape index (κ3) is 4.86. The maximum Gasteiger partial charge on any atom is 0.339 e. The van der Waals surface area contributed by atoms with E-state index in [0.29, 0.717) is 5.69 Å². The second-order valence-electron chi connectivity index (χ2n) is 5.77. The summed E-state index contributed by atoms with van der Waals surface area (Å²) in [5.74, 6) is -1.41. The smallest absolute Gasteiger partial charge is 0.339 e. The number of hydrogen-bond acceptors (Lipinski definition) is 9. The van der Waals surface area contributed by atoms with Gasteiger partial charge in [0.2, 0.25) is 5.88 Å². The first kappa shape index (κ1) is 20.7. The molecular formula is C18H15N5O6S. The standard InChI is InChI=1S/C18H15N5O6S/c1-29-17-9-8-16(21-22-17)23-30(27,28)13-5-2-11(3-6-13)19-20-12-4-7-15(24)14(10-12)18(25)26/h2-10,24H,1H3,(H,21,23)(H,25,26). The molecule has 1 heterocycles. The lowest BCUT2D eigenvalue weighted by Gasteiger charge is -2.07. The zero-order valence-electron chi connectivity index (χ0n) is 15.4. The molecule has 12 heteroatoms. The molecule has 0 aliphatic heterocycles. The quantitative estimate of drug-likeness (QED) is 0.482. The molecule has 0 aliphatic carbocycles. The van der Waals surface area contributed by atoms with Gasteiger partial charge in [-0.2, -0.15) is 10.2 Å². The fourth-order valence-electron chi connectivity index (χ4n) is 2.24. The number of aromatic carboxylic acids is 1. The Kier molecular flexibility index (Phi) is 5.88. The first-order valence-electron chi connectivity index (χ1n) is 8.27. The number of nitrogens with zero attached hydrogens (tertiary/aromatic N) is 4. The fourth-order valence-corrected chi connectivity index (χ4v) is 3.24. The van der Waals surface area contributed by atoms with Crippen molar-refractivity contribution in [2.24, 2.45) is 10.2 Å². The molecule has 0 fully saturated rings. The van der Waals surface area contributed by atoms with Crippen LogP contribution in [0.1, 0.15) is 10.4 Å². The van der Waals surface area contributed by atoms with E-state index < -0.39 is 16.0 Å². The van der Waals surface area contributed by atoms with Crippen molar-refractivity contribution in [1.82, 2.24) is 10.2 Å². The van der Waals surface area contributed by atoms with Crippen LogP contribution < -0.4 is 9.46 Å². The van der Waals surface area contributed by atoms with Gasteiger partial charge in [-0.15, -0.1) is 10.2 Å². The number of nitrogens with one attached hydrogen (secondary N) is 1. The SMILES string of the molecule is COc1ccc(NS(=O)(=O)c2ccc(N=Nc3ccc(O)c(C(=O)O)c3)cc2)nn1. The first-order valence-corrected chi connectivity index (χ1v) is 9.75. The van der Waals surface area contributed by atoms with Gasteiger partial charge in [0.15, 0.2) is 5.82 Å². The van der Waals surface area contributed by atoms with Gasteiger partial charge in [0.1, 0.15) is 11.3 Å². The van der Waals surface area contributed by atoms with Gasteiger partial charge < -0.3 is 14.9 Å². The first-order chi connectivity index (χ1) is 14.3. The van der Waals surface area contributed by atoms with E-state index in [0.717, 1.165) is 0 Å². The molecule has 154 valence electrons. The minimum atomic E-state index is -3.90. The van der Waals surface area contributed by atoms with Crippen LogP contribution >= 0.6 is 0 Å². The highest BCUT2D eigenvalue weighted by Gasteiger charge is 2.15. The van der Waals surface area contributed by atoms with Crippen molar-refractivity contribution >= 4 is 33.2 Å². The molecule has 30 heavy (non-hydrogen) atoms. The molecule has 1 aromatic heterocycles. The molecule has 0 atom stereocenters. The Bertz CT molecular complexity index is 1190. The van der Waals surface area contributed by atoms with Crippen molar-refractivity contribution in [3.05, 3.63) is 60.2 Å². The van der Waals surface area contributed by atoms with E-state index in [2.05, 4.69) is 25.1 Å². The number of aromatic hydroxyl groups is 1. The number of carboxylic acid groups (broad SMARTS) is 1. The number of aromatic nitrogens is 2. The number of carboxylic acids is 1. The summed E-state index contributed by atoms with van der Waals surface area (Å²) in [6.07, 6.45) is 0. The molecule has 0 amide bonds. The lowest BCUT2D eigenvalue weighted by atomic mass is 10.2. The summed E-state index contributed by atoms with van der Waals surface area (Å²) in [5.41, 5.74) is 0.241. The molecule has 3 aromatic rings. The Morgan fingerprint density at radius 3 is 2.27 bits per heavy atom. The number of ether oxygens (including phenoxy) is 1. The van der Waals surface area contributed by atoms with Crippen molar-refractivity contribution < 1.29 is 28.2 Å². The summed E-state index contributed by atoms with van der Waals surface area (Å²) >= 11 is 0. The van der Waals surface area contributed by atoms with E-state index in [1.165, 1.54) is 61.7 Å². The maximum absolute atomic E-state index is 12.4. The van der Waals surface area contributed by atoms with Gasteiger partial charge in [0, 0.05) is 6.07 Å². The molecule has 0 spiro atoms. The van der Waals surface area contributed by atoms with Gasteiger partial charge in [0.05, 0.1) is 23.4 Å². The Labute approximate surface area is 170 Å². The van der Waals surface area contributed by atoms with Gasteiger partial charge in [-0.05, 0) is 48.5 Å². The van der Waals surface area contributed by atoms with Crippen molar-refractivity contribution in [2.75, 3.05) is 11.8 Å². The van der Waals surface area contributed by atoms with Gasteiger partial charge >= 0.3 is 5.97 Å². The zero-order valence-corrected chi connectivity index (χ0v) is 16.2. The maximum atomic E-state index is 12.4. The average molecular weight is 429 g/mol. The van der Waals surface area contributed by atoms with Gasteiger partial charge in [-0.25, -0.2) is 13.2 Å². The van der Waals surface area contributed by atoms with Crippen molar-refractivity contribution in [3.63, 3.8) is 0 Å². The summed E-state index contributed by atoms with van der Waals surface area (Å²) in [6, 6.07) is 12.1. The largest absolute Gasteiger partial charge is 0.507 e. The van der Waals surface area contributed by atoms with Crippen LogP contribution in [0.25, 0.3) is 0 Å². The van der Waals surface area contributed by atoms with E-state index in [1.54, 1.807) is 0 Å². The Morgan fingerprint density at radius 2 is 1.67 bits per heavy atom. The van der Waals surface area contributed by atoms with E-state index in [1.807, 2.05) is 0 Å². The van der Waals surface area contributed by atoms with Gasteiger partial charge in [-0.1, -0.05) is 0 Å². The molecule has 0 bridgehead atoms. The van der Waals surface area contributed by atoms with E-state index >= 15 is 0 Å². The second kappa shape index (κ2) is 8.53. The second-order valence-corrected chi connectivity index (χ2v) is 7.45. The summed E-state index contributed by atoms with van der Waals surface area (Å²) in [7, 11) is -2.48. The van der Waals surface area contributed by atoms with Gasteiger partial charge in [-0.3, -0.25) is 4.72 Å². The summed E-state index contributed by atoms with van der Waals surface area (Å²) in [4.78, 5) is 11.0. The number of benzene rings is 2. The molecular weight excluding hydrogens is 414 g/mol. The number of azo groups is 1. The number of methoxy groups -OCH3 is 1. The number of anilines is 1. The molecule has 0 saturated heterocycles. The van der Waals surface area contributed by atoms with Crippen LogP contribution in [0.3, 0.4) is 0 Å². The molecule has 2 aromatic carbocycles. The van der Waals surface area contributed by atoms with Crippen LogP contribution in [-0.4, -0.2) is 41.9 Å². The van der Waals surface area contributed by atoms with Crippen LogP contribution in [0.15, 0.2) is 69.7 Å². The van der Waals surface area contributed by atoms with E-state index in [4.69, 9.17) is 9.84 Å². The normalized spacial score (nSPS) is 11.4. The van der Waals surface area contributed by atoms with Crippen LogP contribution in [0, 0.1) is 0 Å². The summed E-state index contributed by atoms with van der Waals surface area (Å²) < 4.78 is 32.0. The van der Waals surface area contributed by atoms with Crippen molar-refractivity contribution in [3.8, 4) is 11.6 Å². The topological polar surface area (TPSA) is 163 Å². The number of rotatable bonds is 7. The summed E-state index contributed by atoms with van der Waals surface area (Å²) in [5, 5.41) is 33.7. The van der Waals surface area contributed by atoms with Crippen LogP contribution in [0.2, 0.25) is 0 Å². The highest BCUT2D eigenvalue weighted by molar-refractivity contribution is 7.92.